The average Bonchev–Trinajstić information content (AvgIpc) is 2.20. The predicted octanol–water partition coefficient (Wildman–Crippen LogP) is 1.76. The van der Waals surface area contributed by atoms with Gasteiger partial charge in [0.15, 0.2) is 0 Å². The molecule has 16 heavy (non-hydrogen) atoms. The molecule has 94 valence electrons. The summed E-state index contributed by atoms with van der Waals surface area (Å²) in [5.74, 6) is 0. The van der Waals surface area contributed by atoms with Gasteiger partial charge in [0.05, 0.1) is 18.5 Å². The molecule has 0 bridgehead atoms. The van der Waals surface area contributed by atoms with Crippen molar-refractivity contribution in [1.29, 1.82) is 5.26 Å². The fraction of sp³-hybridized carbons (Fsp3) is 0.900. The van der Waals surface area contributed by atoms with Crippen LogP contribution in [-0.2, 0) is 0 Å². The maximum absolute atomic E-state index is 11.9. The number of nitrogens with zero attached hydrogens (tertiary/aromatic N) is 2. The zero-order chi connectivity index (χ0) is 12.6. The zero-order valence-corrected chi connectivity index (χ0v) is 9.64. The van der Waals surface area contributed by atoms with E-state index in [0.717, 1.165) is 0 Å². The highest BCUT2D eigenvalue weighted by Crippen LogP contribution is 2.19. The lowest BCUT2D eigenvalue weighted by molar-refractivity contribution is -0.137. The molecule has 0 aliphatic rings. The summed E-state index contributed by atoms with van der Waals surface area (Å²) in [5.41, 5.74) is 0. The van der Waals surface area contributed by atoms with E-state index in [4.69, 9.17) is 5.26 Å². The fourth-order valence-electron chi connectivity index (χ4n) is 1.24. The summed E-state index contributed by atoms with van der Waals surface area (Å²) in [6.07, 6.45) is -4.37. The minimum Gasteiger partial charge on any atom is -0.306 e. The average molecular weight is 237 g/mol. The van der Waals surface area contributed by atoms with Gasteiger partial charge in [0.2, 0.25) is 0 Å². The van der Waals surface area contributed by atoms with Gasteiger partial charge in [0, 0.05) is 13.1 Å². The first-order chi connectivity index (χ1) is 7.39. The number of hydrogen-bond donors (Lipinski definition) is 1. The highest BCUT2D eigenvalue weighted by molar-refractivity contribution is 4.89. The standard InChI is InChI=1S/C10H18F3N3/c1-3-15-9(8-14)4-6-16(2)7-5-10(11,12)13/h9,15H,3-7H2,1-2H3. The van der Waals surface area contributed by atoms with Crippen LogP contribution in [0, 0.1) is 11.3 Å². The van der Waals surface area contributed by atoms with Gasteiger partial charge in [-0.15, -0.1) is 0 Å². The molecule has 0 aliphatic carbocycles. The van der Waals surface area contributed by atoms with Crippen molar-refractivity contribution in [3.05, 3.63) is 0 Å². The number of hydrogen-bond acceptors (Lipinski definition) is 3. The summed E-state index contributed by atoms with van der Waals surface area (Å²) in [4.78, 5) is 1.59. The first-order valence-corrected chi connectivity index (χ1v) is 5.27. The molecule has 0 aromatic heterocycles. The Kier molecular flexibility index (Phi) is 7.10. The second-order valence-corrected chi connectivity index (χ2v) is 3.70. The van der Waals surface area contributed by atoms with Crippen LogP contribution in [0.5, 0.6) is 0 Å². The van der Waals surface area contributed by atoms with E-state index in [1.165, 1.54) is 0 Å². The molecule has 0 radical (unpaired) electrons. The molecule has 0 amide bonds. The minimum atomic E-state index is -4.11. The molecule has 1 unspecified atom stereocenters. The van der Waals surface area contributed by atoms with Crippen LogP contribution >= 0.6 is 0 Å². The SMILES string of the molecule is CCNC(C#N)CCN(C)CCC(F)(F)F. The van der Waals surface area contributed by atoms with E-state index >= 15 is 0 Å². The Bertz CT molecular complexity index is 222. The van der Waals surface area contributed by atoms with Crippen LogP contribution in [0.25, 0.3) is 0 Å². The first kappa shape index (κ1) is 15.2. The van der Waals surface area contributed by atoms with Crippen LogP contribution in [0.15, 0.2) is 0 Å². The van der Waals surface area contributed by atoms with Crippen molar-refractivity contribution in [3.63, 3.8) is 0 Å². The third kappa shape index (κ3) is 8.50. The van der Waals surface area contributed by atoms with Crippen LogP contribution < -0.4 is 5.32 Å². The van der Waals surface area contributed by atoms with Crippen molar-refractivity contribution in [3.8, 4) is 6.07 Å². The Morgan fingerprint density at radius 1 is 1.38 bits per heavy atom. The fourth-order valence-corrected chi connectivity index (χ4v) is 1.24. The molecule has 0 aromatic carbocycles. The molecule has 1 atom stereocenters. The van der Waals surface area contributed by atoms with Crippen LogP contribution in [-0.4, -0.2) is 43.8 Å². The van der Waals surface area contributed by atoms with Crippen LogP contribution in [0.1, 0.15) is 19.8 Å². The molecule has 0 aromatic rings. The number of halogens is 3. The summed E-state index contributed by atoms with van der Waals surface area (Å²) in [6.45, 7) is 3.04. The third-order valence-electron chi connectivity index (χ3n) is 2.18. The largest absolute Gasteiger partial charge is 0.390 e. The lowest BCUT2D eigenvalue weighted by Gasteiger charge is -2.19. The lowest BCUT2D eigenvalue weighted by Crippen LogP contribution is -2.33. The Morgan fingerprint density at radius 3 is 2.44 bits per heavy atom. The van der Waals surface area contributed by atoms with E-state index in [2.05, 4.69) is 11.4 Å². The molecule has 0 saturated heterocycles. The zero-order valence-electron chi connectivity index (χ0n) is 9.64. The Hall–Kier alpha value is -0.800. The highest BCUT2D eigenvalue weighted by Gasteiger charge is 2.27. The highest BCUT2D eigenvalue weighted by atomic mass is 19.4. The first-order valence-electron chi connectivity index (χ1n) is 5.27. The molecule has 0 saturated carbocycles. The van der Waals surface area contributed by atoms with Gasteiger partial charge in [-0.2, -0.15) is 18.4 Å². The summed E-state index contributed by atoms with van der Waals surface area (Å²) < 4.78 is 35.7. The number of nitriles is 1. The van der Waals surface area contributed by atoms with Crippen molar-refractivity contribution in [2.45, 2.75) is 32.0 Å². The van der Waals surface area contributed by atoms with Crippen LogP contribution in [0.3, 0.4) is 0 Å². The molecule has 0 spiro atoms. The monoisotopic (exact) mass is 237 g/mol. The molecular formula is C10H18F3N3. The second kappa shape index (κ2) is 7.47. The van der Waals surface area contributed by atoms with Gasteiger partial charge >= 0.3 is 6.18 Å². The van der Waals surface area contributed by atoms with Crippen molar-refractivity contribution in [1.82, 2.24) is 10.2 Å². The van der Waals surface area contributed by atoms with Crippen molar-refractivity contribution < 1.29 is 13.2 Å². The van der Waals surface area contributed by atoms with E-state index in [1.54, 1.807) is 11.9 Å². The van der Waals surface area contributed by atoms with Gasteiger partial charge < -0.3 is 10.2 Å². The summed E-state index contributed by atoms with van der Waals surface area (Å²) in [7, 11) is 1.63. The van der Waals surface area contributed by atoms with Crippen LogP contribution in [0.4, 0.5) is 13.2 Å². The molecular weight excluding hydrogens is 219 g/mol. The van der Waals surface area contributed by atoms with Crippen molar-refractivity contribution in [2.24, 2.45) is 0 Å². The van der Waals surface area contributed by atoms with Gasteiger partial charge in [-0.1, -0.05) is 6.92 Å². The van der Waals surface area contributed by atoms with E-state index < -0.39 is 12.6 Å². The van der Waals surface area contributed by atoms with Crippen LogP contribution in [0.2, 0.25) is 0 Å². The summed E-state index contributed by atoms with van der Waals surface area (Å²) in [5, 5.41) is 11.7. The second-order valence-electron chi connectivity index (χ2n) is 3.70. The maximum atomic E-state index is 11.9. The minimum absolute atomic E-state index is 0.0201. The maximum Gasteiger partial charge on any atom is 0.390 e. The Balaban J connectivity index is 3.72. The van der Waals surface area contributed by atoms with Gasteiger partial charge in [0.1, 0.15) is 0 Å². The molecule has 0 aliphatic heterocycles. The topological polar surface area (TPSA) is 39.1 Å². The number of rotatable bonds is 7. The van der Waals surface area contributed by atoms with Gasteiger partial charge in [-0.3, -0.25) is 0 Å². The van der Waals surface area contributed by atoms with E-state index in [-0.39, 0.29) is 12.6 Å². The molecule has 6 heteroatoms. The quantitative estimate of drug-likeness (QED) is 0.733. The normalized spacial score (nSPS) is 13.8. The van der Waals surface area contributed by atoms with E-state index in [1.807, 2.05) is 6.92 Å². The van der Waals surface area contributed by atoms with Gasteiger partial charge in [-0.25, -0.2) is 0 Å². The van der Waals surface area contributed by atoms with Gasteiger partial charge in [0.25, 0.3) is 0 Å². The van der Waals surface area contributed by atoms with Crippen molar-refractivity contribution >= 4 is 0 Å². The summed E-state index contributed by atoms with van der Waals surface area (Å²) >= 11 is 0. The lowest BCUT2D eigenvalue weighted by atomic mass is 10.2. The molecule has 1 N–H and O–H groups in total. The number of nitrogens with one attached hydrogen (secondary N) is 1. The molecule has 3 nitrogen and oxygen atoms in total. The summed E-state index contributed by atoms with van der Waals surface area (Å²) in [6, 6.07) is 1.79. The predicted molar refractivity (Wildman–Crippen MR) is 55.9 cm³/mol. The Morgan fingerprint density at radius 2 is 2.00 bits per heavy atom. The van der Waals surface area contributed by atoms with Crippen molar-refractivity contribution in [2.75, 3.05) is 26.7 Å². The van der Waals surface area contributed by atoms with E-state index in [0.29, 0.717) is 19.5 Å². The molecule has 0 heterocycles. The number of alkyl halides is 3. The smallest absolute Gasteiger partial charge is 0.306 e. The Labute approximate surface area is 94.2 Å². The molecule has 0 fully saturated rings. The third-order valence-corrected chi connectivity index (χ3v) is 2.18. The van der Waals surface area contributed by atoms with Gasteiger partial charge in [-0.05, 0) is 20.0 Å². The molecule has 0 rings (SSSR count). The van der Waals surface area contributed by atoms with E-state index in [9.17, 15) is 13.2 Å².